The molecule has 0 saturated carbocycles. The average molecular weight is 258 g/mol. The third-order valence-electron chi connectivity index (χ3n) is 2.79. The van der Waals surface area contributed by atoms with Crippen molar-refractivity contribution in [3.8, 4) is 0 Å². The minimum Gasteiger partial charge on any atom is -0.478 e. The van der Waals surface area contributed by atoms with Crippen LogP contribution in [0.15, 0.2) is 42.6 Å². The van der Waals surface area contributed by atoms with Crippen molar-refractivity contribution < 1.29 is 14.7 Å². The van der Waals surface area contributed by atoms with Gasteiger partial charge in [0.15, 0.2) is 0 Å². The number of carboxylic acid groups (broad SMARTS) is 1. The molecule has 1 amide bonds. The number of aryl methyl sites for hydroxylation is 1. The lowest BCUT2D eigenvalue weighted by Crippen LogP contribution is -2.16. The molecule has 0 radical (unpaired) electrons. The van der Waals surface area contributed by atoms with Crippen molar-refractivity contribution in [2.24, 2.45) is 0 Å². The number of amides is 1. The molecule has 19 heavy (non-hydrogen) atoms. The Labute approximate surface area is 110 Å². The van der Waals surface area contributed by atoms with Gasteiger partial charge in [-0.3, -0.25) is 4.79 Å². The van der Waals surface area contributed by atoms with E-state index in [4.69, 9.17) is 5.11 Å². The number of benzene rings is 1. The Morgan fingerprint density at radius 2 is 1.89 bits per heavy atom. The van der Waals surface area contributed by atoms with E-state index in [1.54, 1.807) is 18.2 Å². The minimum absolute atomic E-state index is 0.190. The topological polar surface area (TPSA) is 71.3 Å². The first kappa shape index (κ1) is 12.9. The van der Waals surface area contributed by atoms with Crippen molar-refractivity contribution >= 4 is 17.6 Å². The Morgan fingerprint density at radius 3 is 2.47 bits per heavy atom. The van der Waals surface area contributed by atoms with E-state index in [1.165, 1.54) is 12.1 Å². The summed E-state index contributed by atoms with van der Waals surface area (Å²) in [7, 11) is 0. The van der Waals surface area contributed by atoms with Crippen molar-refractivity contribution in [2.45, 2.75) is 13.5 Å². The van der Waals surface area contributed by atoms with Crippen LogP contribution < -0.4 is 5.32 Å². The Morgan fingerprint density at radius 1 is 1.21 bits per heavy atom. The zero-order chi connectivity index (χ0) is 13.8. The molecular weight excluding hydrogens is 244 g/mol. The van der Waals surface area contributed by atoms with Crippen LogP contribution in [0.4, 0.5) is 5.69 Å². The van der Waals surface area contributed by atoms with Crippen LogP contribution in [0.3, 0.4) is 0 Å². The fraction of sp³-hybridized carbons (Fsp3) is 0.143. The highest BCUT2D eigenvalue weighted by molar-refractivity contribution is 6.03. The van der Waals surface area contributed by atoms with E-state index in [1.807, 2.05) is 23.8 Å². The average Bonchev–Trinajstić information content (AvgIpc) is 2.87. The summed E-state index contributed by atoms with van der Waals surface area (Å²) in [5.74, 6) is -1.20. The SMILES string of the molecule is CCn1cccc1C(=O)Nc1ccc(C(=O)O)cc1. The number of carbonyl (C=O) groups is 2. The number of aromatic carboxylic acids is 1. The van der Waals surface area contributed by atoms with Crippen LogP contribution in [0, 0.1) is 0 Å². The van der Waals surface area contributed by atoms with E-state index in [-0.39, 0.29) is 11.5 Å². The normalized spacial score (nSPS) is 10.2. The smallest absolute Gasteiger partial charge is 0.335 e. The van der Waals surface area contributed by atoms with Gasteiger partial charge in [-0.2, -0.15) is 0 Å². The number of rotatable bonds is 4. The summed E-state index contributed by atoms with van der Waals surface area (Å²) in [5, 5.41) is 11.5. The predicted octanol–water partition coefficient (Wildman–Crippen LogP) is 2.46. The lowest BCUT2D eigenvalue weighted by atomic mass is 10.2. The van der Waals surface area contributed by atoms with Crippen LogP contribution in [0.5, 0.6) is 0 Å². The fourth-order valence-electron chi connectivity index (χ4n) is 1.79. The van der Waals surface area contributed by atoms with Crippen molar-refractivity contribution in [3.63, 3.8) is 0 Å². The highest BCUT2D eigenvalue weighted by Crippen LogP contribution is 2.12. The molecule has 0 saturated heterocycles. The monoisotopic (exact) mass is 258 g/mol. The first-order valence-corrected chi connectivity index (χ1v) is 5.91. The number of carbonyl (C=O) groups excluding carboxylic acids is 1. The number of carboxylic acids is 1. The number of anilines is 1. The van der Waals surface area contributed by atoms with Gasteiger partial charge in [-0.15, -0.1) is 0 Å². The molecule has 1 heterocycles. The lowest BCUT2D eigenvalue weighted by Gasteiger charge is -2.08. The van der Waals surface area contributed by atoms with E-state index in [0.29, 0.717) is 17.9 Å². The number of nitrogens with zero attached hydrogens (tertiary/aromatic N) is 1. The molecule has 5 heteroatoms. The van der Waals surface area contributed by atoms with Gasteiger partial charge < -0.3 is 15.0 Å². The summed E-state index contributed by atoms with van der Waals surface area (Å²) in [5.41, 5.74) is 1.33. The predicted molar refractivity (Wildman–Crippen MR) is 71.5 cm³/mol. The van der Waals surface area contributed by atoms with Gasteiger partial charge in [0, 0.05) is 18.4 Å². The van der Waals surface area contributed by atoms with Gasteiger partial charge in [0.05, 0.1) is 5.56 Å². The largest absolute Gasteiger partial charge is 0.478 e. The summed E-state index contributed by atoms with van der Waals surface area (Å²) in [6, 6.07) is 9.60. The summed E-state index contributed by atoms with van der Waals surface area (Å²) in [6.45, 7) is 2.67. The van der Waals surface area contributed by atoms with Crippen molar-refractivity contribution in [3.05, 3.63) is 53.9 Å². The van der Waals surface area contributed by atoms with Crippen LogP contribution >= 0.6 is 0 Å². The molecule has 98 valence electrons. The van der Waals surface area contributed by atoms with Gasteiger partial charge in [0.1, 0.15) is 5.69 Å². The molecule has 1 aromatic heterocycles. The molecule has 2 N–H and O–H groups in total. The quantitative estimate of drug-likeness (QED) is 0.884. The Bertz CT molecular complexity index is 599. The molecule has 0 atom stereocenters. The zero-order valence-electron chi connectivity index (χ0n) is 10.5. The van der Waals surface area contributed by atoms with Crippen molar-refractivity contribution in [2.75, 3.05) is 5.32 Å². The summed E-state index contributed by atoms with van der Waals surface area (Å²) in [4.78, 5) is 22.7. The molecule has 2 aromatic rings. The van der Waals surface area contributed by atoms with Crippen LogP contribution in [-0.2, 0) is 6.54 Å². The van der Waals surface area contributed by atoms with Crippen LogP contribution in [0.1, 0.15) is 27.8 Å². The van der Waals surface area contributed by atoms with E-state index < -0.39 is 5.97 Å². The Kier molecular flexibility index (Phi) is 3.66. The van der Waals surface area contributed by atoms with Gasteiger partial charge in [0.25, 0.3) is 5.91 Å². The summed E-state index contributed by atoms with van der Waals surface area (Å²) >= 11 is 0. The molecule has 0 aliphatic rings. The second-order valence-electron chi connectivity index (χ2n) is 4.02. The molecule has 0 aliphatic heterocycles. The van der Waals surface area contributed by atoms with Gasteiger partial charge in [0.2, 0.25) is 0 Å². The highest BCUT2D eigenvalue weighted by Gasteiger charge is 2.10. The Hall–Kier alpha value is -2.56. The number of hydrogen-bond acceptors (Lipinski definition) is 2. The molecule has 1 aromatic carbocycles. The molecule has 5 nitrogen and oxygen atoms in total. The molecule has 0 fully saturated rings. The van der Waals surface area contributed by atoms with E-state index in [2.05, 4.69) is 5.32 Å². The number of nitrogens with one attached hydrogen (secondary N) is 1. The van der Waals surface area contributed by atoms with Crippen molar-refractivity contribution in [1.82, 2.24) is 4.57 Å². The fourth-order valence-corrected chi connectivity index (χ4v) is 1.79. The third kappa shape index (κ3) is 2.82. The highest BCUT2D eigenvalue weighted by atomic mass is 16.4. The van der Waals surface area contributed by atoms with Gasteiger partial charge in [-0.25, -0.2) is 4.79 Å². The standard InChI is InChI=1S/C14H14N2O3/c1-2-16-9-3-4-12(16)13(17)15-11-7-5-10(6-8-11)14(18)19/h3-9H,2H2,1H3,(H,15,17)(H,18,19). The summed E-state index contributed by atoms with van der Waals surface area (Å²) < 4.78 is 1.83. The number of hydrogen-bond donors (Lipinski definition) is 2. The maximum Gasteiger partial charge on any atom is 0.335 e. The van der Waals surface area contributed by atoms with E-state index in [9.17, 15) is 9.59 Å². The van der Waals surface area contributed by atoms with Gasteiger partial charge >= 0.3 is 5.97 Å². The van der Waals surface area contributed by atoms with Gasteiger partial charge in [-0.1, -0.05) is 0 Å². The van der Waals surface area contributed by atoms with Crippen LogP contribution in [0.2, 0.25) is 0 Å². The molecule has 0 aliphatic carbocycles. The molecule has 2 rings (SSSR count). The Balaban J connectivity index is 2.13. The zero-order valence-corrected chi connectivity index (χ0v) is 10.5. The molecule has 0 unspecified atom stereocenters. The van der Waals surface area contributed by atoms with E-state index in [0.717, 1.165) is 0 Å². The lowest BCUT2D eigenvalue weighted by molar-refractivity contribution is 0.0696. The third-order valence-corrected chi connectivity index (χ3v) is 2.79. The minimum atomic E-state index is -0.988. The summed E-state index contributed by atoms with van der Waals surface area (Å²) in [6.07, 6.45) is 1.84. The van der Waals surface area contributed by atoms with E-state index >= 15 is 0 Å². The first-order chi connectivity index (χ1) is 9.11. The molecular formula is C14H14N2O3. The second kappa shape index (κ2) is 5.39. The molecule has 0 spiro atoms. The second-order valence-corrected chi connectivity index (χ2v) is 4.02. The van der Waals surface area contributed by atoms with Gasteiger partial charge in [-0.05, 0) is 43.3 Å². The van der Waals surface area contributed by atoms with Crippen molar-refractivity contribution in [1.29, 1.82) is 0 Å². The van der Waals surface area contributed by atoms with Crippen LogP contribution in [0.25, 0.3) is 0 Å². The van der Waals surface area contributed by atoms with Crippen LogP contribution in [-0.4, -0.2) is 21.6 Å². The maximum absolute atomic E-state index is 12.0. The number of aromatic nitrogens is 1. The maximum atomic E-state index is 12.0. The molecule has 0 bridgehead atoms. The first-order valence-electron chi connectivity index (χ1n) is 5.91.